The van der Waals surface area contributed by atoms with E-state index < -0.39 is 76.4 Å². The molecule has 0 radical (unpaired) electrons. The molecule has 0 saturated heterocycles. The summed E-state index contributed by atoms with van der Waals surface area (Å²) in [5.41, 5.74) is 4.58. The topological polar surface area (TPSA) is 175 Å². The van der Waals surface area contributed by atoms with E-state index in [-0.39, 0.29) is 11.3 Å². The van der Waals surface area contributed by atoms with Crippen LogP contribution in [0.25, 0.3) is 11.1 Å². The number of hydrogen-bond acceptors (Lipinski definition) is 9. The summed E-state index contributed by atoms with van der Waals surface area (Å²) in [6, 6.07) is 9.17. The second-order valence-corrected chi connectivity index (χ2v) is 11.2. The Balaban J connectivity index is 1.69. The van der Waals surface area contributed by atoms with Crippen LogP contribution < -0.4 is 5.73 Å². The monoisotopic (exact) mass is 534 g/mol. The molecule has 0 aliphatic heterocycles. The Morgan fingerprint density at radius 2 is 1.62 bits per heavy atom. The summed E-state index contributed by atoms with van der Waals surface area (Å²) < 4.78 is 0. The molecule has 3 aliphatic rings. The molecule has 3 aliphatic carbocycles. The third kappa shape index (κ3) is 3.48. The SMILES string of the molecule is Cc1ccc(-c2ccc3c(c2O)C(=O)C2C(=O)[C@]4(O)C(=O)C(C(N)=O)C(=O)[C@@H](N(C)C)[C@@H]4[C@@H](O)[C@@H]2[C@H]3C)cc1. The predicted molar refractivity (Wildman–Crippen MR) is 138 cm³/mol. The first-order valence-corrected chi connectivity index (χ1v) is 12.7. The average Bonchev–Trinajstić information content (AvgIpc) is 2.86. The number of aliphatic hydroxyl groups excluding tert-OH is 1. The first kappa shape index (κ1) is 26.9. The fourth-order valence-electron chi connectivity index (χ4n) is 6.96. The highest BCUT2D eigenvalue weighted by molar-refractivity contribution is 6.32. The zero-order chi connectivity index (χ0) is 28.7. The number of primary amides is 1. The van der Waals surface area contributed by atoms with Crippen molar-refractivity contribution in [1.82, 2.24) is 4.90 Å². The van der Waals surface area contributed by atoms with E-state index in [1.54, 1.807) is 31.2 Å². The molecule has 1 amide bonds. The molecular weight excluding hydrogens is 504 g/mol. The Hall–Kier alpha value is -3.73. The number of amides is 1. The number of likely N-dealkylation sites (N-methyl/N-ethyl adjacent to an activating group) is 1. The molecule has 0 heterocycles. The number of benzene rings is 2. The molecule has 10 nitrogen and oxygen atoms in total. The van der Waals surface area contributed by atoms with E-state index >= 15 is 0 Å². The van der Waals surface area contributed by atoms with Crippen LogP contribution in [0.1, 0.15) is 34.3 Å². The number of aromatic hydroxyl groups is 1. The zero-order valence-electron chi connectivity index (χ0n) is 21.9. The van der Waals surface area contributed by atoms with Gasteiger partial charge in [0, 0.05) is 11.5 Å². The van der Waals surface area contributed by atoms with Crippen LogP contribution in [-0.2, 0) is 19.2 Å². The number of Topliss-reactive ketones (excluding diaryl/α,β-unsaturated/α-hetero) is 4. The van der Waals surface area contributed by atoms with Gasteiger partial charge in [-0.1, -0.05) is 48.9 Å². The summed E-state index contributed by atoms with van der Waals surface area (Å²) in [7, 11) is 2.91. The average molecular weight is 535 g/mol. The second kappa shape index (κ2) is 8.90. The van der Waals surface area contributed by atoms with E-state index in [1.165, 1.54) is 19.0 Å². The molecule has 2 unspecified atom stereocenters. The predicted octanol–water partition coefficient (Wildman–Crippen LogP) is 0.374. The Morgan fingerprint density at radius 3 is 2.18 bits per heavy atom. The number of phenolic OH excluding ortho intramolecular Hbond substituents is 1. The van der Waals surface area contributed by atoms with Crippen molar-refractivity contribution < 1.29 is 39.3 Å². The first-order valence-electron chi connectivity index (χ1n) is 12.7. The number of aliphatic hydroxyl groups is 2. The van der Waals surface area contributed by atoms with Gasteiger partial charge in [0.1, 0.15) is 5.75 Å². The fourth-order valence-corrected chi connectivity index (χ4v) is 6.96. The molecule has 0 spiro atoms. The molecule has 5 rings (SSSR count). The number of phenols is 1. The van der Waals surface area contributed by atoms with Gasteiger partial charge in [-0.15, -0.1) is 0 Å². The van der Waals surface area contributed by atoms with Crippen LogP contribution in [0.3, 0.4) is 0 Å². The Labute approximate surface area is 224 Å². The minimum Gasteiger partial charge on any atom is -0.507 e. The van der Waals surface area contributed by atoms with Crippen molar-refractivity contribution >= 4 is 29.0 Å². The molecule has 0 aromatic heterocycles. The van der Waals surface area contributed by atoms with Crippen LogP contribution in [0.5, 0.6) is 5.75 Å². The highest BCUT2D eigenvalue weighted by Gasteiger charge is 2.72. The van der Waals surface area contributed by atoms with Crippen LogP contribution in [0.15, 0.2) is 36.4 Å². The normalized spacial score (nSPS) is 34.0. The fraction of sp³-hybridized carbons (Fsp3) is 0.414. The molecule has 39 heavy (non-hydrogen) atoms. The molecule has 2 fully saturated rings. The van der Waals surface area contributed by atoms with Gasteiger partial charge in [-0.25, -0.2) is 0 Å². The van der Waals surface area contributed by atoms with Crippen molar-refractivity contribution in [2.24, 2.45) is 29.4 Å². The highest BCUT2D eigenvalue weighted by atomic mass is 16.3. The van der Waals surface area contributed by atoms with E-state index in [1.807, 2.05) is 19.1 Å². The van der Waals surface area contributed by atoms with E-state index in [9.17, 15) is 39.3 Å². The summed E-state index contributed by atoms with van der Waals surface area (Å²) in [4.78, 5) is 68.0. The lowest BCUT2D eigenvalue weighted by Gasteiger charge is -2.56. The van der Waals surface area contributed by atoms with E-state index in [2.05, 4.69) is 0 Å². The number of ketones is 4. The number of carbonyl (C=O) groups is 5. The van der Waals surface area contributed by atoms with Crippen molar-refractivity contribution in [3.8, 4) is 16.9 Å². The Morgan fingerprint density at radius 1 is 1.00 bits per heavy atom. The van der Waals surface area contributed by atoms with Gasteiger partial charge >= 0.3 is 0 Å². The number of rotatable bonds is 3. The molecule has 2 aromatic rings. The third-order valence-corrected chi connectivity index (χ3v) is 8.85. The van der Waals surface area contributed by atoms with Gasteiger partial charge in [-0.05, 0) is 38.1 Å². The van der Waals surface area contributed by atoms with Crippen LogP contribution in [0, 0.1) is 30.6 Å². The van der Waals surface area contributed by atoms with Crippen LogP contribution in [-0.4, -0.2) is 81.1 Å². The quantitative estimate of drug-likeness (QED) is 0.406. The largest absolute Gasteiger partial charge is 0.507 e. The van der Waals surface area contributed by atoms with E-state index in [4.69, 9.17) is 5.73 Å². The van der Waals surface area contributed by atoms with Gasteiger partial charge in [0.25, 0.3) is 0 Å². The van der Waals surface area contributed by atoms with Gasteiger partial charge < -0.3 is 21.1 Å². The summed E-state index contributed by atoms with van der Waals surface area (Å²) in [5, 5.41) is 34.6. The van der Waals surface area contributed by atoms with Crippen molar-refractivity contribution in [2.45, 2.75) is 37.5 Å². The molecule has 5 N–H and O–H groups in total. The van der Waals surface area contributed by atoms with Crippen molar-refractivity contribution in [2.75, 3.05) is 14.1 Å². The molecule has 2 aromatic carbocycles. The lowest BCUT2D eigenvalue weighted by molar-refractivity contribution is -0.196. The first-order chi connectivity index (χ1) is 18.2. The van der Waals surface area contributed by atoms with Gasteiger partial charge in [-0.2, -0.15) is 0 Å². The standard InChI is InChI=1S/C29H30N2O8/c1-11-5-7-13(8-6-11)15-10-9-14-12(2)16-18(23(33)17(14)22(15)32)26(36)29(39)20(24(16)34)21(31(3)4)25(35)19(27(29)37)28(30)38/h5-10,12,16,18-21,24,32,34,39H,1-4H3,(H2,30,38)/t12-,16+,18?,19?,20+,21-,24-,29-/m0/s1. The van der Waals surface area contributed by atoms with Crippen molar-refractivity contribution in [1.29, 1.82) is 0 Å². The number of carbonyl (C=O) groups excluding carboxylic acids is 5. The maximum Gasteiger partial charge on any atom is 0.235 e. The van der Waals surface area contributed by atoms with Crippen molar-refractivity contribution in [3.63, 3.8) is 0 Å². The maximum atomic E-state index is 14.0. The molecule has 0 bridgehead atoms. The van der Waals surface area contributed by atoms with Gasteiger partial charge in [0.05, 0.1) is 29.5 Å². The number of aryl methyl sites for hydroxylation is 1. The number of nitrogens with two attached hydrogens (primary N) is 1. The zero-order valence-corrected chi connectivity index (χ0v) is 21.9. The minimum atomic E-state index is -3.01. The lowest BCUT2D eigenvalue weighted by Crippen LogP contribution is -2.77. The molecule has 2 saturated carbocycles. The Kier molecular flexibility index (Phi) is 6.13. The molecule has 8 atom stereocenters. The lowest BCUT2D eigenvalue weighted by atomic mass is 9.49. The summed E-state index contributed by atoms with van der Waals surface area (Å²) in [6.45, 7) is 3.59. The minimum absolute atomic E-state index is 0.126. The number of hydrogen-bond donors (Lipinski definition) is 4. The summed E-state index contributed by atoms with van der Waals surface area (Å²) in [6.07, 6.45) is -1.65. The smallest absolute Gasteiger partial charge is 0.235 e. The second-order valence-electron chi connectivity index (χ2n) is 11.2. The maximum absolute atomic E-state index is 14.0. The van der Waals surface area contributed by atoms with E-state index in [0.717, 1.165) is 5.56 Å². The van der Waals surface area contributed by atoms with Crippen LogP contribution in [0.2, 0.25) is 0 Å². The van der Waals surface area contributed by atoms with Crippen LogP contribution in [0.4, 0.5) is 0 Å². The van der Waals surface area contributed by atoms with Crippen LogP contribution >= 0.6 is 0 Å². The van der Waals surface area contributed by atoms with Gasteiger partial charge in [-0.3, -0.25) is 28.9 Å². The highest BCUT2D eigenvalue weighted by Crippen LogP contribution is 2.55. The van der Waals surface area contributed by atoms with Crippen molar-refractivity contribution in [3.05, 3.63) is 53.1 Å². The Bertz CT molecular complexity index is 1450. The molecule has 204 valence electrons. The van der Waals surface area contributed by atoms with Gasteiger partial charge in [0.15, 0.2) is 34.7 Å². The summed E-state index contributed by atoms with van der Waals surface area (Å²) >= 11 is 0. The van der Waals surface area contributed by atoms with Gasteiger partial charge in [0.2, 0.25) is 5.91 Å². The van der Waals surface area contributed by atoms with E-state index in [0.29, 0.717) is 16.7 Å². The number of fused-ring (bicyclic) bond motifs is 3. The molecular formula is C29H30N2O8. The number of nitrogens with zero attached hydrogens (tertiary/aromatic N) is 1. The summed E-state index contributed by atoms with van der Waals surface area (Å²) in [5.74, 6) is -13.3. The molecule has 10 heteroatoms. The third-order valence-electron chi connectivity index (χ3n) is 8.85.